The van der Waals surface area contributed by atoms with E-state index in [1.165, 1.54) is 6.08 Å². The van der Waals surface area contributed by atoms with Gasteiger partial charge >= 0.3 is 7.66 Å². The third-order valence-electron chi connectivity index (χ3n) is 2.84. The predicted octanol–water partition coefficient (Wildman–Crippen LogP) is 3.19. The van der Waals surface area contributed by atoms with Crippen LogP contribution in [0.5, 0.6) is 5.75 Å². The first kappa shape index (κ1) is 12.9. The smallest absolute Gasteiger partial charge is 0.372 e. The maximum absolute atomic E-state index is 11.4. The molecule has 0 aromatic heterocycles. The Morgan fingerprint density at radius 2 is 1.95 bits per heavy atom. The molecule has 102 valence electrons. The van der Waals surface area contributed by atoms with Crippen molar-refractivity contribution in [2.75, 3.05) is 0 Å². The normalized spacial score (nSPS) is 21.9. The van der Waals surface area contributed by atoms with Crippen LogP contribution >= 0.6 is 7.66 Å². The fraction of sp³-hybridized carbons (Fsp3) is 0.0714. The number of nitrogens with one attached hydrogen (secondary N) is 1. The van der Waals surface area contributed by atoms with Crippen LogP contribution in [0.25, 0.3) is 10.8 Å². The van der Waals surface area contributed by atoms with Crippen molar-refractivity contribution in [2.24, 2.45) is 4.74 Å². The molecule has 20 heavy (non-hydrogen) atoms. The Balaban J connectivity index is 1.97. The molecule has 0 saturated carbocycles. The zero-order valence-corrected chi connectivity index (χ0v) is 11.7. The van der Waals surface area contributed by atoms with Crippen molar-refractivity contribution in [1.82, 2.24) is 5.09 Å². The van der Waals surface area contributed by atoms with Crippen molar-refractivity contribution < 1.29 is 14.2 Å². The van der Waals surface area contributed by atoms with E-state index in [4.69, 9.17) is 4.52 Å². The molecule has 1 atom stereocenters. The molecule has 1 heterocycles. The van der Waals surface area contributed by atoms with Crippen molar-refractivity contribution in [3.8, 4) is 5.75 Å². The van der Waals surface area contributed by atoms with Gasteiger partial charge in [0.25, 0.3) is 5.91 Å². The Morgan fingerprint density at radius 1 is 1.20 bits per heavy atom. The van der Waals surface area contributed by atoms with E-state index in [9.17, 15) is 9.69 Å². The first-order chi connectivity index (χ1) is 9.54. The molecular weight excluding hydrogens is 275 g/mol. The number of carbonyl (C=O) groups is 1. The average Bonchev–Trinajstić information content (AvgIpc) is 2.36. The molecule has 0 radical (unpaired) electrons. The first-order valence-electron chi connectivity index (χ1n) is 6.08. The Morgan fingerprint density at radius 3 is 2.70 bits per heavy atom. The summed E-state index contributed by atoms with van der Waals surface area (Å²) < 4.78 is 9.53. The molecule has 1 aliphatic heterocycles. The van der Waals surface area contributed by atoms with Gasteiger partial charge in [-0.25, -0.2) is 0 Å². The van der Waals surface area contributed by atoms with Gasteiger partial charge in [0.1, 0.15) is 5.75 Å². The summed E-state index contributed by atoms with van der Waals surface area (Å²) in [5.74, 6) is 0.0763. The molecule has 0 spiro atoms. The highest BCUT2D eigenvalue weighted by molar-refractivity contribution is 7.54. The minimum Gasteiger partial charge on any atom is -0.423 e. The fourth-order valence-corrected chi connectivity index (χ4v) is 3.43. The monoisotopic (exact) mass is 288 g/mol. The van der Waals surface area contributed by atoms with E-state index in [2.05, 4.69) is 9.83 Å². The Labute approximate surface area is 116 Å². The minimum absolute atomic E-state index is 0.394. The summed E-state index contributed by atoms with van der Waals surface area (Å²) in [6, 6.07) is 13.3. The van der Waals surface area contributed by atoms with E-state index in [1.807, 2.05) is 36.4 Å². The third-order valence-corrected chi connectivity index (χ3v) is 4.41. The highest BCUT2D eigenvalue weighted by atomic mass is 31.2. The second kappa shape index (κ2) is 4.78. The highest BCUT2D eigenvalue weighted by Crippen LogP contribution is 2.45. The molecule has 1 unspecified atom stereocenters. The van der Waals surface area contributed by atoms with Crippen LogP contribution in [-0.4, -0.2) is 10.8 Å². The molecular formula is C14H13N2O3P. The number of allylic oxidation sites excluding steroid dienone is 1. The van der Waals surface area contributed by atoms with Crippen molar-refractivity contribution in [1.29, 1.82) is 0 Å². The molecule has 2 aromatic rings. The van der Waals surface area contributed by atoms with Gasteiger partial charge in [0, 0.05) is 11.8 Å². The van der Waals surface area contributed by atoms with Crippen LogP contribution in [0.2, 0.25) is 0 Å². The van der Waals surface area contributed by atoms with Gasteiger partial charge in [-0.05, 0) is 29.8 Å². The van der Waals surface area contributed by atoms with Gasteiger partial charge in [-0.15, -0.1) is 0 Å². The van der Waals surface area contributed by atoms with Gasteiger partial charge in [0.15, 0.2) is 0 Å². The number of carbonyl (C=O) groups excluding carboxylic acids is 1. The predicted molar refractivity (Wildman–Crippen MR) is 78.0 cm³/mol. The molecule has 3 rings (SSSR count). The SMILES string of the molecule is CC1=CC(=O)NP(O)(Oc2ccc3ccccc3c2)=N1. The lowest BCUT2D eigenvalue weighted by Gasteiger charge is -2.22. The average molecular weight is 288 g/mol. The van der Waals surface area contributed by atoms with E-state index in [-0.39, 0.29) is 0 Å². The molecule has 2 N–H and O–H groups in total. The molecule has 0 saturated heterocycles. The van der Waals surface area contributed by atoms with E-state index in [0.29, 0.717) is 11.4 Å². The number of amides is 1. The molecule has 6 heteroatoms. The quantitative estimate of drug-likeness (QED) is 0.834. The van der Waals surface area contributed by atoms with Crippen LogP contribution < -0.4 is 9.61 Å². The van der Waals surface area contributed by atoms with Crippen molar-refractivity contribution in [2.45, 2.75) is 6.92 Å². The lowest BCUT2D eigenvalue weighted by Crippen LogP contribution is -2.23. The van der Waals surface area contributed by atoms with E-state index >= 15 is 0 Å². The summed E-state index contributed by atoms with van der Waals surface area (Å²) in [6.07, 6.45) is 1.32. The van der Waals surface area contributed by atoms with Gasteiger partial charge in [-0.2, -0.15) is 4.74 Å². The number of hydrogen-bond donors (Lipinski definition) is 2. The van der Waals surface area contributed by atoms with Gasteiger partial charge in [0.05, 0.1) is 0 Å². The van der Waals surface area contributed by atoms with Crippen molar-refractivity contribution >= 4 is 24.3 Å². The first-order valence-corrected chi connectivity index (χ1v) is 7.69. The summed E-state index contributed by atoms with van der Waals surface area (Å²) in [5, 5.41) is 4.45. The minimum atomic E-state index is -3.32. The fourth-order valence-electron chi connectivity index (χ4n) is 2.05. The van der Waals surface area contributed by atoms with Gasteiger partial charge < -0.3 is 9.42 Å². The summed E-state index contributed by atoms with van der Waals surface area (Å²) in [4.78, 5) is 21.7. The molecule has 5 nitrogen and oxygen atoms in total. The van der Waals surface area contributed by atoms with Gasteiger partial charge in [-0.3, -0.25) is 9.88 Å². The molecule has 0 bridgehead atoms. The third kappa shape index (κ3) is 2.59. The van der Waals surface area contributed by atoms with Crippen LogP contribution in [-0.2, 0) is 4.79 Å². The number of benzene rings is 2. The lowest BCUT2D eigenvalue weighted by molar-refractivity contribution is -0.115. The zero-order chi connectivity index (χ0) is 14.2. The maximum atomic E-state index is 11.4. The number of hydrogen-bond acceptors (Lipinski definition) is 3. The van der Waals surface area contributed by atoms with Crippen LogP contribution in [0.1, 0.15) is 6.92 Å². The standard InChI is InChI=1S/C14H13N2O3P/c1-10-8-14(17)16-20(18,15-10)19-13-7-6-11-4-2-3-5-12(11)9-13/h2-9,18H,1H3,(H,16,17). The topological polar surface area (TPSA) is 70.9 Å². The van der Waals surface area contributed by atoms with Gasteiger partial charge in [0.2, 0.25) is 0 Å². The maximum Gasteiger partial charge on any atom is 0.372 e. The summed E-state index contributed by atoms with van der Waals surface area (Å²) in [5.41, 5.74) is 0.449. The number of rotatable bonds is 2. The summed E-state index contributed by atoms with van der Waals surface area (Å²) in [6.45, 7) is 1.65. The van der Waals surface area contributed by atoms with Crippen LogP contribution in [0, 0.1) is 0 Å². The zero-order valence-electron chi connectivity index (χ0n) is 10.8. The second-order valence-corrected chi connectivity index (χ2v) is 6.20. The van der Waals surface area contributed by atoms with Crippen molar-refractivity contribution in [3.63, 3.8) is 0 Å². The Bertz CT molecular complexity index is 783. The van der Waals surface area contributed by atoms with Crippen molar-refractivity contribution in [3.05, 3.63) is 54.2 Å². The van der Waals surface area contributed by atoms with Crippen LogP contribution in [0.3, 0.4) is 0 Å². The van der Waals surface area contributed by atoms with Gasteiger partial charge in [-0.1, -0.05) is 30.3 Å². The second-order valence-electron chi connectivity index (χ2n) is 4.51. The molecule has 0 fully saturated rings. The number of fused-ring (bicyclic) bond motifs is 1. The van der Waals surface area contributed by atoms with E-state index in [1.54, 1.807) is 13.0 Å². The molecule has 1 aliphatic rings. The van der Waals surface area contributed by atoms with Crippen LogP contribution in [0.4, 0.5) is 0 Å². The van der Waals surface area contributed by atoms with Crippen LogP contribution in [0.15, 0.2) is 59.0 Å². The molecule has 1 amide bonds. The van der Waals surface area contributed by atoms with E-state index < -0.39 is 13.6 Å². The molecule has 0 aliphatic carbocycles. The van der Waals surface area contributed by atoms with E-state index in [0.717, 1.165) is 10.8 Å². The summed E-state index contributed by atoms with van der Waals surface area (Å²) in [7, 11) is -3.32. The largest absolute Gasteiger partial charge is 0.423 e. The highest BCUT2D eigenvalue weighted by Gasteiger charge is 2.25. The Hall–Kier alpha value is -2.10. The Kier molecular flexibility index (Phi) is 3.08. The lowest BCUT2D eigenvalue weighted by atomic mass is 10.1. The summed E-state index contributed by atoms with van der Waals surface area (Å²) >= 11 is 0. The number of nitrogens with zero attached hydrogens (tertiary/aromatic N) is 1. The molecule has 2 aromatic carbocycles.